The average molecular weight is 247 g/mol. The molecule has 1 N–H and O–H groups in total. The van der Waals surface area contributed by atoms with Crippen LogP contribution in [-0.2, 0) is 17.9 Å². The number of hydrogen-bond acceptors (Lipinski definition) is 4. The van der Waals surface area contributed by atoms with Gasteiger partial charge in [-0.05, 0) is 24.6 Å². The molecule has 1 heterocycles. The molecule has 0 aliphatic carbocycles. The van der Waals surface area contributed by atoms with Gasteiger partial charge in [0.2, 0.25) is 0 Å². The Morgan fingerprint density at radius 1 is 1.50 bits per heavy atom. The van der Waals surface area contributed by atoms with Gasteiger partial charge in [-0.3, -0.25) is 4.79 Å². The molecule has 0 bridgehead atoms. The summed E-state index contributed by atoms with van der Waals surface area (Å²) in [6, 6.07) is 7.66. The minimum atomic E-state index is -0.953. The first kappa shape index (κ1) is 12.1. The Bertz CT molecular complexity index is 551. The molecule has 94 valence electrons. The van der Waals surface area contributed by atoms with Crippen LogP contribution < -0.4 is 4.74 Å². The standard InChI is InChI=1S/C12H13N3O3/c1-9-3-2-4-11(5-9)18-8-10-6-15(14-13-10)7-12(16)17/h2-6H,7-8H2,1H3,(H,16,17). The zero-order chi connectivity index (χ0) is 13.0. The first-order valence-electron chi connectivity index (χ1n) is 5.44. The van der Waals surface area contributed by atoms with E-state index >= 15 is 0 Å². The van der Waals surface area contributed by atoms with E-state index in [9.17, 15) is 4.79 Å². The summed E-state index contributed by atoms with van der Waals surface area (Å²) in [5.41, 5.74) is 1.71. The number of hydrogen-bond donors (Lipinski definition) is 1. The summed E-state index contributed by atoms with van der Waals surface area (Å²) in [7, 11) is 0. The van der Waals surface area contributed by atoms with Gasteiger partial charge in [0.15, 0.2) is 0 Å². The van der Waals surface area contributed by atoms with Gasteiger partial charge in [-0.2, -0.15) is 0 Å². The van der Waals surface area contributed by atoms with E-state index in [1.807, 2.05) is 31.2 Å². The van der Waals surface area contributed by atoms with Gasteiger partial charge >= 0.3 is 5.97 Å². The highest BCUT2D eigenvalue weighted by atomic mass is 16.5. The Morgan fingerprint density at radius 2 is 2.33 bits per heavy atom. The molecule has 1 aromatic heterocycles. The number of carboxylic acids is 1. The predicted molar refractivity (Wildman–Crippen MR) is 63.2 cm³/mol. The fraction of sp³-hybridized carbons (Fsp3) is 0.250. The fourth-order valence-corrected chi connectivity index (χ4v) is 1.48. The molecule has 0 aliphatic heterocycles. The van der Waals surface area contributed by atoms with Crippen LogP contribution in [-0.4, -0.2) is 26.1 Å². The molecule has 6 heteroatoms. The van der Waals surface area contributed by atoms with Crippen LogP contribution in [0.4, 0.5) is 0 Å². The third-order valence-corrected chi connectivity index (χ3v) is 2.26. The van der Waals surface area contributed by atoms with E-state index in [-0.39, 0.29) is 13.2 Å². The zero-order valence-corrected chi connectivity index (χ0v) is 9.91. The minimum absolute atomic E-state index is 0.197. The van der Waals surface area contributed by atoms with Crippen molar-refractivity contribution in [3.05, 3.63) is 41.7 Å². The maximum absolute atomic E-state index is 10.5. The van der Waals surface area contributed by atoms with Gasteiger partial charge < -0.3 is 9.84 Å². The van der Waals surface area contributed by atoms with Crippen LogP contribution in [0.3, 0.4) is 0 Å². The first-order valence-corrected chi connectivity index (χ1v) is 5.44. The Balaban J connectivity index is 1.94. The summed E-state index contributed by atoms with van der Waals surface area (Å²) < 4.78 is 6.79. The van der Waals surface area contributed by atoms with E-state index in [0.29, 0.717) is 5.69 Å². The monoisotopic (exact) mass is 247 g/mol. The second-order valence-electron chi connectivity index (χ2n) is 3.91. The van der Waals surface area contributed by atoms with E-state index in [1.54, 1.807) is 6.20 Å². The lowest BCUT2D eigenvalue weighted by molar-refractivity contribution is -0.137. The number of aromatic nitrogens is 3. The predicted octanol–water partition coefficient (Wildman–Crippen LogP) is 1.25. The number of ether oxygens (including phenoxy) is 1. The highest BCUT2D eigenvalue weighted by molar-refractivity contribution is 5.66. The number of nitrogens with zero attached hydrogens (tertiary/aromatic N) is 3. The minimum Gasteiger partial charge on any atom is -0.487 e. The molecule has 0 fully saturated rings. The van der Waals surface area contributed by atoms with Crippen molar-refractivity contribution in [1.29, 1.82) is 0 Å². The molecule has 0 spiro atoms. The zero-order valence-electron chi connectivity index (χ0n) is 9.91. The van der Waals surface area contributed by atoms with Gasteiger partial charge in [0.25, 0.3) is 0 Å². The van der Waals surface area contributed by atoms with Crippen molar-refractivity contribution in [3.63, 3.8) is 0 Å². The van der Waals surface area contributed by atoms with Crippen LogP contribution >= 0.6 is 0 Å². The third kappa shape index (κ3) is 3.31. The van der Waals surface area contributed by atoms with Crippen LogP contribution in [0.2, 0.25) is 0 Å². The molecule has 6 nitrogen and oxygen atoms in total. The van der Waals surface area contributed by atoms with Gasteiger partial charge in [-0.15, -0.1) is 5.10 Å². The van der Waals surface area contributed by atoms with Crippen LogP contribution in [0.15, 0.2) is 30.5 Å². The van der Waals surface area contributed by atoms with Gasteiger partial charge in [-0.25, -0.2) is 4.68 Å². The SMILES string of the molecule is Cc1cccc(OCc2cn(CC(=O)O)nn2)c1. The summed E-state index contributed by atoms with van der Waals surface area (Å²) >= 11 is 0. The van der Waals surface area contributed by atoms with Crippen LogP contribution in [0.5, 0.6) is 5.75 Å². The lowest BCUT2D eigenvalue weighted by atomic mass is 10.2. The topological polar surface area (TPSA) is 77.2 Å². The van der Waals surface area contributed by atoms with Crippen LogP contribution in [0, 0.1) is 6.92 Å². The lowest BCUT2D eigenvalue weighted by Crippen LogP contribution is -2.08. The third-order valence-electron chi connectivity index (χ3n) is 2.26. The average Bonchev–Trinajstić information content (AvgIpc) is 2.73. The van der Waals surface area contributed by atoms with E-state index < -0.39 is 5.97 Å². The molecule has 2 aromatic rings. The highest BCUT2D eigenvalue weighted by Crippen LogP contribution is 2.13. The molecule has 0 atom stereocenters. The van der Waals surface area contributed by atoms with Gasteiger partial charge in [0, 0.05) is 0 Å². The number of carboxylic acid groups (broad SMARTS) is 1. The number of carbonyl (C=O) groups is 1. The normalized spacial score (nSPS) is 10.3. The van der Waals surface area contributed by atoms with E-state index in [1.165, 1.54) is 4.68 Å². The Labute approximate surface area is 104 Å². The van der Waals surface area contributed by atoms with Gasteiger partial charge in [0.05, 0.1) is 6.20 Å². The Kier molecular flexibility index (Phi) is 3.57. The van der Waals surface area contributed by atoms with Crippen molar-refractivity contribution in [2.75, 3.05) is 0 Å². The molecule has 18 heavy (non-hydrogen) atoms. The molecule has 0 saturated heterocycles. The maximum Gasteiger partial charge on any atom is 0.325 e. The largest absolute Gasteiger partial charge is 0.487 e. The maximum atomic E-state index is 10.5. The first-order chi connectivity index (χ1) is 8.63. The summed E-state index contributed by atoms with van der Waals surface area (Å²) in [5, 5.41) is 16.1. The molecule has 0 unspecified atom stereocenters. The van der Waals surface area contributed by atoms with E-state index in [2.05, 4.69) is 10.3 Å². The molecular formula is C12H13N3O3. The fourth-order valence-electron chi connectivity index (χ4n) is 1.48. The van der Waals surface area contributed by atoms with Crippen molar-refractivity contribution in [2.45, 2.75) is 20.1 Å². The van der Waals surface area contributed by atoms with Crippen LogP contribution in [0.1, 0.15) is 11.3 Å². The molecule has 2 rings (SSSR count). The molecule has 0 saturated carbocycles. The summed E-state index contributed by atoms with van der Waals surface area (Å²) in [6.07, 6.45) is 1.56. The van der Waals surface area contributed by atoms with Crippen molar-refractivity contribution in [3.8, 4) is 5.75 Å². The summed E-state index contributed by atoms with van der Waals surface area (Å²) in [4.78, 5) is 10.5. The molecule has 1 aromatic carbocycles. The highest BCUT2D eigenvalue weighted by Gasteiger charge is 2.04. The number of aliphatic carboxylic acids is 1. The summed E-state index contributed by atoms with van der Waals surface area (Å²) in [6.45, 7) is 2.05. The Hall–Kier alpha value is -2.37. The summed E-state index contributed by atoms with van der Waals surface area (Å²) in [5.74, 6) is -0.200. The second-order valence-corrected chi connectivity index (χ2v) is 3.91. The van der Waals surface area contributed by atoms with Crippen molar-refractivity contribution < 1.29 is 14.6 Å². The Morgan fingerprint density at radius 3 is 3.06 bits per heavy atom. The van der Waals surface area contributed by atoms with Gasteiger partial charge in [0.1, 0.15) is 24.6 Å². The van der Waals surface area contributed by atoms with Gasteiger partial charge in [-0.1, -0.05) is 17.3 Å². The molecule has 0 aliphatic rings. The number of rotatable bonds is 5. The van der Waals surface area contributed by atoms with E-state index in [4.69, 9.17) is 9.84 Å². The van der Waals surface area contributed by atoms with Crippen LogP contribution in [0.25, 0.3) is 0 Å². The quantitative estimate of drug-likeness (QED) is 0.860. The van der Waals surface area contributed by atoms with E-state index in [0.717, 1.165) is 11.3 Å². The molecular weight excluding hydrogens is 234 g/mol. The number of aryl methyl sites for hydroxylation is 1. The number of benzene rings is 1. The second kappa shape index (κ2) is 5.31. The van der Waals surface area contributed by atoms with Crippen molar-refractivity contribution in [2.24, 2.45) is 0 Å². The molecule has 0 radical (unpaired) electrons. The van der Waals surface area contributed by atoms with Crippen molar-refractivity contribution in [1.82, 2.24) is 15.0 Å². The lowest BCUT2D eigenvalue weighted by Gasteiger charge is -2.03. The van der Waals surface area contributed by atoms with Crippen molar-refractivity contribution >= 4 is 5.97 Å². The molecule has 0 amide bonds. The smallest absolute Gasteiger partial charge is 0.325 e.